The van der Waals surface area contributed by atoms with Gasteiger partial charge in [-0.25, -0.2) is 4.98 Å². The first kappa shape index (κ1) is 14.8. The van der Waals surface area contributed by atoms with Crippen LogP contribution in [0.25, 0.3) is 22.8 Å². The quantitative estimate of drug-likeness (QED) is 0.678. The van der Waals surface area contributed by atoms with E-state index in [9.17, 15) is 0 Å². The fourth-order valence-corrected chi connectivity index (χ4v) is 2.50. The van der Waals surface area contributed by atoms with Gasteiger partial charge in [-0.2, -0.15) is 5.10 Å². The van der Waals surface area contributed by atoms with Gasteiger partial charge in [0.25, 0.3) is 0 Å². The summed E-state index contributed by atoms with van der Waals surface area (Å²) in [5.74, 6) is 1.63. The SMILES string of the molecule is COc1cc(N)c(Cl)cc1-c1nc(-c2cncc(Br)c2)n[nH]1. The number of hydrogen-bond donors (Lipinski definition) is 2. The molecule has 6 nitrogen and oxygen atoms in total. The van der Waals surface area contributed by atoms with Crippen molar-refractivity contribution in [1.29, 1.82) is 0 Å². The van der Waals surface area contributed by atoms with Crippen molar-refractivity contribution in [3.8, 4) is 28.5 Å². The van der Waals surface area contributed by atoms with Crippen molar-refractivity contribution >= 4 is 33.2 Å². The predicted molar refractivity (Wildman–Crippen MR) is 88.7 cm³/mol. The summed E-state index contributed by atoms with van der Waals surface area (Å²) in [6.07, 6.45) is 3.38. The summed E-state index contributed by atoms with van der Waals surface area (Å²) >= 11 is 9.45. The Morgan fingerprint density at radius 2 is 2.09 bits per heavy atom. The number of benzene rings is 1. The van der Waals surface area contributed by atoms with Gasteiger partial charge in [0.15, 0.2) is 11.6 Å². The van der Waals surface area contributed by atoms with Crippen molar-refractivity contribution in [2.45, 2.75) is 0 Å². The maximum atomic E-state index is 6.08. The maximum Gasteiger partial charge on any atom is 0.183 e. The van der Waals surface area contributed by atoms with E-state index in [2.05, 4.69) is 36.1 Å². The number of nitrogens with one attached hydrogen (secondary N) is 1. The number of aromatic amines is 1. The number of aromatic nitrogens is 4. The van der Waals surface area contributed by atoms with E-state index in [0.717, 1.165) is 10.0 Å². The highest BCUT2D eigenvalue weighted by molar-refractivity contribution is 9.10. The molecule has 22 heavy (non-hydrogen) atoms. The molecule has 2 aromatic heterocycles. The van der Waals surface area contributed by atoms with Crippen LogP contribution in [-0.4, -0.2) is 27.3 Å². The molecule has 8 heteroatoms. The molecule has 0 aliphatic heterocycles. The average Bonchev–Trinajstić information content (AvgIpc) is 2.99. The molecule has 0 bridgehead atoms. The third-order valence-electron chi connectivity index (χ3n) is 3.02. The van der Waals surface area contributed by atoms with Crippen LogP contribution in [0.4, 0.5) is 5.69 Å². The second kappa shape index (κ2) is 5.94. The van der Waals surface area contributed by atoms with Crippen LogP contribution in [0.15, 0.2) is 35.1 Å². The minimum absolute atomic E-state index is 0.429. The van der Waals surface area contributed by atoms with Crippen LogP contribution in [0.3, 0.4) is 0 Å². The van der Waals surface area contributed by atoms with Gasteiger partial charge in [0.1, 0.15) is 5.75 Å². The third-order valence-corrected chi connectivity index (χ3v) is 3.78. The molecule has 0 amide bonds. The Labute approximate surface area is 139 Å². The number of hydrogen-bond acceptors (Lipinski definition) is 5. The molecule has 0 unspecified atom stereocenters. The molecular weight excluding hydrogens is 370 g/mol. The number of H-pyrrole nitrogens is 1. The zero-order valence-electron chi connectivity index (χ0n) is 11.5. The van der Waals surface area contributed by atoms with E-state index >= 15 is 0 Å². The van der Waals surface area contributed by atoms with E-state index < -0.39 is 0 Å². The Balaban J connectivity index is 2.06. The smallest absolute Gasteiger partial charge is 0.183 e. The highest BCUT2D eigenvalue weighted by Gasteiger charge is 2.14. The van der Waals surface area contributed by atoms with Crippen molar-refractivity contribution in [2.24, 2.45) is 0 Å². The van der Waals surface area contributed by atoms with Crippen LogP contribution in [0.1, 0.15) is 0 Å². The van der Waals surface area contributed by atoms with Gasteiger partial charge in [0.05, 0.1) is 23.4 Å². The fourth-order valence-electron chi connectivity index (χ4n) is 1.97. The lowest BCUT2D eigenvalue weighted by Gasteiger charge is -2.08. The summed E-state index contributed by atoms with van der Waals surface area (Å²) in [6.45, 7) is 0. The topological polar surface area (TPSA) is 89.7 Å². The molecule has 3 aromatic rings. The molecule has 3 rings (SSSR count). The van der Waals surface area contributed by atoms with E-state index in [1.165, 1.54) is 0 Å². The van der Waals surface area contributed by atoms with E-state index in [0.29, 0.717) is 33.7 Å². The van der Waals surface area contributed by atoms with Crippen molar-refractivity contribution in [3.05, 3.63) is 40.1 Å². The predicted octanol–water partition coefficient (Wildman–Crippen LogP) is 3.54. The summed E-state index contributed by atoms with van der Waals surface area (Å²) in [7, 11) is 1.56. The van der Waals surface area contributed by atoms with Crippen LogP contribution >= 0.6 is 27.5 Å². The van der Waals surface area contributed by atoms with Gasteiger partial charge in [-0.1, -0.05) is 11.6 Å². The molecule has 112 valence electrons. The first-order valence-electron chi connectivity index (χ1n) is 6.25. The normalized spacial score (nSPS) is 10.7. The molecule has 2 heterocycles. The lowest BCUT2D eigenvalue weighted by atomic mass is 10.1. The number of rotatable bonds is 3. The fraction of sp³-hybridized carbons (Fsp3) is 0.0714. The van der Waals surface area contributed by atoms with Gasteiger partial charge in [0, 0.05) is 28.5 Å². The Bertz CT molecular complexity index is 836. The summed E-state index contributed by atoms with van der Waals surface area (Å²) < 4.78 is 6.17. The molecule has 0 aliphatic rings. The first-order chi connectivity index (χ1) is 10.6. The van der Waals surface area contributed by atoms with Gasteiger partial charge < -0.3 is 10.5 Å². The van der Waals surface area contributed by atoms with E-state index in [-0.39, 0.29) is 0 Å². The Hall–Kier alpha value is -2.12. The second-order valence-electron chi connectivity index (χ2n) is 4.47. The monoisotopic (exact) mass is 379 g/mol. The van der Waals surface area contributed by atoms with E-state index in [1.54, 1.807) is 31.6 Å². The van der Waals surface area contributed by atoms with Crippen LogP contribution in [0, 0.1) is 0 Å². The Morgan fingerprint density at radius 1 is 1.27 bits per heavy atom. The molecule has 0 saturated carbocycles. The average molecular weight is 381 g/mol. The summed E-state index contributed by atoms with van der Waals surface area (Å²) in [5.41, 5.74) is 7.70. The van der Waals surface area contributed by atoms with Crippen LogP contribution in [0.2, 0.25) is 5.02 Å². The molecule has 3 N–H and O–H groups in total. The highest BCUT2D eigenvalue weighted by Crippen LogP contribution is 2.35. The van der Waals surface area contributed by atoms with Crippen molar-refractivity contribution in [2.75, 3.05) is 12.8 Å². The molecular formula is C14H11BrClN5O. The largest absolute Gasteiger partial charge is 0.496 e. The standard InChI is InChI=1S/C14H11BrClN5O/c1-22-12-4-11(17)10(16)3-9(12)14-19-13(20-21-14)7-2-8(15)6-18-5-7/h2-6H,17H2,1H3,(H,19,20,21). The first-order valence-corrected chi connectivity index (χ1v) is 7.42. The zero-order chi connectivity index (χ0) is 15.7. The van der Waals surface area contributed by atoms with E-state index in [1.807, 2.05) is 6.07 Å². The second-order valence-corrected chi connectivity index (χ2v) is 5.80. The number of halogens is 2. The number of nitrogens with two attached hydrogens (primary N) is 1. The van der Waals surface area contributed by atoms with E-state index in [4.69, 9.17) is 22.1 Å². The number of methoxy groups -OCH3 is 1. The van der Waals surface area contributed by atoms with Crippen LogP contribution in [0.5, 0.6) is 5.75 Å². The number of pyridine rings is 1. The van der Waals surface area contributed by atoms with Gasteiger partial charge >= 0.3 is 0 Å². The van der Waals surface area contributed by atoms with Gasteiger partial charge in [-0.15, -0.1) is 0 Å². The molecule has 0 saturated heterocycles. The minimum atomic E-state index is 0.429. The summed E-state index contributed by atoms with van der Waals surface area (Å²) in [4.78, 5) is 8.56. The van der Waals surface area contributed by atoms with Crippen LogP contribution < -0.4 is 10.5 Å². The molecule has 0 spiro atoms. The van der Waals surface area contributed by atoms with Crippen molar-refractivity contribution in [3.63, 3.8) is 0 Å². The molecule has 0 fully saturated rings. The van der Waals surface area contributed by atoms with Gasteiger partial charge in [-0.05, 0) is 28.1 Å². The number of nitrogen functional groups attached to an aromatic ring is 1. The number of nitrogens with zero attached hydrogens (tertiary/aromatic N) is 3. The zero-order valence-corrected chi connectivity index (χ0v) is 13.8. The Kier molecular flexibility index (Phi) is 4.00. The maximum absolute atomic E-state index is 6.08. The number of ether oxygens (including phenoxy) is 1. The molecule has 0 radical (unpaired) electrons. The molecule has 0 aliphatic carbocycles. The highest BCUT2D eigenvalue weighted by atomic mass is 79.9. The minimum Gasteiger partial charge on any atom is -0.496 e. The Morgan fingerprint density at radius 3 is 2.82 bits per heavy atom. The lowest BCUT2D eigenvalue weighted by molar-refractivity contribution is 0.416. The number of anilines is 1. The third kappa shape index (κ3) is 2.77. The molecule has 0 atom stereocenters. The van der Waals surface area contributed by atoms with Crippen LogP contribution in [-0.2, 0) is 0 Å². The van der Waals surface area contributed by atoms with Crippen molar-refractivity contribution in [1.82, 2.24) is 20.2 Å². The lowest BCUT2D eigenvalue weighted by Crippen LogP contribution is -1.94. The van der Waals surface area contributed by atoms with Gasteiger partial charge in [0.2, 0.25) is 0 Å². The van der Waals surface area contributed by atoms with Crippen molar-refractivity contribution < 1.29 is 4.74 Å². The van der Waals surface area contributed by atoms with Gasteiger partial charge in [-0.3, -0.25) is 10.1 Å². The molecule has 1 aromatic carbocycles. The summed E-state index contributed by atoms with van der Waals surface area (Å²) in [6, 6.07) is 5.23. The summed E-state index contributed by atoms with van der Waals surface area (Å²) in [5, 5.41) is 7.51.